The van der Waals surface area contributed by atoms with Crippen molar-refractivity contribution in [1.82, 2.24) is 9.80 Å². The summed E-state index contributed by atoms with van der Waals surface area (Å²) in [5, 5.41) is 9.54. The van der Waals surface area contributed by atoms with Gasteiger partial charge in [0, 0.05) is 26.2 Å². The van der Waals surface area contributed by atoms with Crippen molar-refractivity contribution < 1.29 is 14.6 Å². The van der Waals surface area contributed by atoms with Crippen molar-refractivity contribution in [2.24, 2.45) is 0 Å². The highest BCUT2D eigenvalue weighted by Crippen LogP contribution is 2.22. The molecule has 2 rings (SSSR count). The van der Waals surface area contributed by atoms with Crippen molar-refractivity contribution >= 4 is 5.91 Å². The lowest BCUT2D eigenvalue weighted by Gasteiger charge is -2.32. The van der Waals surface area contributed by atoms with E-state index in [0.29, 0.717) is 5.75 Å². The lowest BCUT2D eigenvalue weighted by Crippen LogP contribution is -2.48. The first kappa shape index (κ1) is 15.8. The summed E-state index contributed by atoms with van der Waals surface area (Å²) < 4.78 is 5.63. The zero-order valence-corrected chi connectivity index (χ0v) is 13.0. The Labute approximate surface area is 126 Å². The molecule has 1 N–H and O–H groups in total. The van der Waals surface area contributed by atoms with Gasteiger partial charge in [-0.2, -0.15) is 0 Å². The summed E-state index contributed by atoms with van der Waals surface area (Å²) in [7, 11) is 2.06. The van der Waals surface area contributed by atoms with Crippen LogP contribution in [0.4, 0.5) is 0 Å². The normalized spacial score (nSPS) is 17.6. The van der Waals surface area contributed by atoms with Crippen LogP contribution in [0.25, 0.3) is 0 Å². The van der Waals surface area contributed by atoms with Crippen LogP contribution in [0.2, 0.25) is 0 Å². The highest BCUT2D eigenvalue weighted by atomic mass is 16.5. The number of benzene rings is 1. The van der Waals surface area contributed by atoms with Gasteiger partial charge in [-0.1, -0.05) is 6.07 Å². The molecule has 1 aliphatic heterocycles. The van der Waals surface area contributed by atoms with Gasteiger partial charge < -0.3 is 19.6 Å². The number of carbonyl (C=O) groups excluding carboxylic acids is 1. The number of rotatable bonds is 4. The summed E-state index contributed by atoms with van der Waals surface area (Å²) in [5.41, 5.74) is 1.78. The van der Waals surface area contributed by atoms with Crippen LogP contribution < -0.4 is 4.74 Å². The van der Waals surface area contributed by atoms with Gasteiger partial charge >= 0.3 is 0 Å². The van der Waals surface area contributed by atoms with E-state index in [-0.39, 0.29) is 12.5 Å². The van der Waals surface area contributed by atoms with Gasteiger partial charge in [-0.05, 0) is 44.2 Å². The number of ether oxygens (including phenoxy) is 1. The molecule has 0 spiro atoms. The molecule has 0 saturated carbocycles. The van der Waals surface area contributed by atoms with Gasteiger partial charge in [0.05, 0.1) is 6.10 Å². The average Bonchev–Trinajstić information content (AvgIpc) is 2.46. The highest BCUT2D eigenvalue weighted by Gasteiger charge is 2.19. The Morgan fingerprint density at radius 3 is 2.57 bits per heavy atom. The van der Waals surface area contributed by atoms with E-state index >= 15 is 0 Å². The average molecular weight is 292 g/mol. The quantitative estimate of drug-likeness (QED) is 0.906. The fourth-order valence-corrected chi connectivity index (χ4v) is 2.38. The Balaban J connectivity index is 1.89. The van der Waals surface area contributed by atoms with Gasteiger partial charge in [-0.15, -0.1) is 0 Å². The summed E-state index contributed by atoms with van der Waals surface area (Å²) in [6.07, 6.45) is -0.496. The molecule has 5 nitrogen and oxygen atoms in total. The largest absolute Gasteiger partial charge is 0.484 e. The molecular formula is C16H24N2O3. The molecular weight excluding hydrogens is 268 g/mol. The predicted molar refractivity (Wildman–Crippen MR) is 81.4 cm³/mol. The molecule has 1 saturated heterocycles. The number of aryl methyl sites for hydroxylation is 1. The number of aliphatic hydroxyl groups excluding tert-OH is 1. The topological polar surface area (TPSA) is 53.0 Å². The van der Waals surface area contributed by atoms with Gasteiger partial charge in [0.15, 0.2) is 6.61 Å². The zero-order valence-electron chi connectivity index (χ0n) is 13.0. The molecule has 1 unspecified atom stereocenters. The summed E-state index contributed by atoms with van der Waals surface area (Å²) in [5.74, 6) is 0.726. The van der Waals surface area contributed by atoms with Crippen molar-refractivity contribution in [2.45, 2.75) is 20.0 Å². The molecule has 1 aliphatic rings. The molecule has 0 bridgehead atoms. The molecule has 1 fully saturated rings. The van der Waals surface area contributed by atoms with E-state index in [1.165, 1.54) is 0 Å². The third kappa shape index (κ3) is 4.19. The number of nitrogens with zero attached hydrogens (tertiary/aromatic N) is 2. The fraction of sp³-hybridized carbons (Fsp3) is 0.562. The summed E-state index contributed by atoms with van der Waals surface area (Å²) in [6, 6.07) is 5.53. The van der Waals surface area contributed by atoms with Crippen molar-refractivity contribution in [1.29, 1.82) is 0 Å². The molecule has 1 atom stereocenters. The number of amides is 1. The first-order chi connectivity index (χ1) is 9.97. The lowest BCUT2D eigenvalue weighted by molar-refractivity contribution is -0.134. The van der Waals surface area contributed by atoms with Crippen LogP contribution in [0, 0.1) is 6.92 Å². The molecule has 21 heavy (non-hydrogen) atoms. The van der Waals surface area contributed by atoms with Gasteiger partial charge in [0.25, 0.3) is 5.91 Å². The van der Waals surface area contributed by atoms with Gasteiger partial charge in [-0.25, -0.2) is 0 Å². The van der Waals surface area contributed by atoms with Crippen LogP contribution in [0.5, 0.6) is 5.75 Å². The monoisotopic (exact) mass is 292 g/mol. The molecule has 0 aliphatic carbocycles. The maximum atomic E-state index is 12.1. The summed E-state index contributed by atoms with van der Waals surface area (Å²) in [4.78, 5) is 16.2. The Hall–Kier alpha value is -1.59. The minimum absolute atomic E-state index is 0.0297. The van der Waals surface area contributed by atoms with Crippen molar-refractivity contribution in [3.63, 3.8) is 0 Å². The molecule has 1 aromatic carbocycles. The van der Waals surface area contributed by atoms with Crippen LogP contribution in [-0.2, 0) is 4.79 Å². The van der Waals surface area contributed by atoms with Crippen LogP contribution in [0.1, 0.15) is 24.2 Å². The van der Waals surface area contributed by atoms with Crippen LogP contribution in [0.3, 0.4) is 0 Å². The molecule has 1 heterocycles. The fourth-order valence-electron chi connectivity index (χ4n) is 2.38. The molecule has 116 valence electrons. The Morgan fingerprint density at radius 2 is 2.00 bits per heavy atom. The SMILES string of the molecule is Cc1cc(C(C)O)ccc1OCC(=O)N1CCN(C)CC1. The summed E-state index contributed by atoms with van der Waals surface area (Å²) >= 11 is 0. The second-order valence-electron chi connectivity index (χ2n) is 5.67. The standard InChI is InChI=1S/C16H24N2O3/c1-12-10-14(13(2)19)4-5-15(12)21-11-16(20)18-8-6-17(3)7-9-18/h4-5,10,13,19H,6-9,11H2,1-3H3. The Bertz CT molecular complexity index is 494. The minimum Gasteiger partial charge on any atom is -0.484 e. The van der Waals surface area contributed by atoms with Crippen LogP contribution >= 0.6 is 0 Å². The first-order valence-electron chi connectivity index (χ1n) is 7.35. The lowest BCUT2D eigenvalue weighted by atomic mass is 10.1. The molecule has 1 aromatic rings. The number of carbonyl (C=O) groups is 1. The van der Waals surface area contributed by atoms with Crippen molar-refractivity contribution in [3.8, 4) is 5.75 Å². The Morgan fingerprint density at radius 1 is 1.33 bits per heavy atom. The molecule has 0 aromatic heterocycles. The number of likely N-dealkylation sites (N-methyl/N-ethyl adjacent to an activating group) is 1. The first-order valence-corrected chi connectivity index (χ1v) is 7.35. The van der Waals surface area contributed by atoms with E-state index in [9.17, 15) is 9.90 Å². The van der Waals surface area contributed by atoms with E-state index in [1.807, 2.05) is 30.0 Å². The van der Waals surface area contributed by atoms with Crippen molar-refractivity contribution in [2.75, 3.05) is 39.8 Å². The van der Waals surface area contributed by atoms with Crippen LogP contribution in [0.15, 0.2) is 18.2 Å². The maximum Gasteiger partial charge on any atom is 0.260 e. The third-order valence-electron chi connectivity index (χ3n) is 3.89. The number of hydrogen-bond donors (Lipinski definition) is 1. The highest BCUT2D eigenvalue weighted by molar-refractivity contribution is 5.78. The van der Waals surface area contributed by atoms with E-state index in [2.05, 4.69) is 11.9 Å². The number of aliphatic hydroxyl groups is 1. The molecule has 5 heteroatoms. The third-order valence-corrected chi connectivity index (χ3v) is 3.89. The summed E-state index contributed by atoms with van der Waals surface area (Å²) in [6.45, 7) is 7.06. The number of piperazine rings is 1. The smallest absolute Gasteiger partial charge is 0.260 e. The van der Waals surface area contributed by atoms with Crippen LogP contribution in [-0.4, -0.2) is 60.6 Å². The van der Waals surface area contributed by atoms with Gasteiger partial charge in [0.1, 0.15) is 5.75 Å². The van der Waals surface area contributed by atoms with Gasteiger partial charge in [0.2, 0.25) is 0 Å². The minimum atomic E-state index is -0.496. The second-order valence-corrected chi connectivity index (χ2v) is 5.67. The van der Waals surface area contributed by atoms with Crippen molar-refractivity contribution in [3.05, 3.63) is 29.3 Å². The van der Waals surface area contributed by atoms with E-state index in [0.717, 1.165) is 37.3 Å². The van der Waals surface area contributed by atoms with Gasteiger partial charge in [-0.3, -0.25) is 4.79 Å². The second kappa shape index (κ2) is 6.91. The number of hydrogen-bond acceptors (Lipinski definition) is 4. The molecule has 1 amide bonds. The molecule has 0 radical (unpaired) electrons. The maximum absolute atomic E-state index is 12.1. The van der Waals surface area contributed by atoms with E-state index in [4.69, 9.17) is 4.74 Å². The predicted octanol–water partition coefficient (Wildman–Crippen LogP) is 1.20. The van der Waals surface area contributed by atoms with E-state index in [1.54, 1.807) is 6.92 Å². The van der Waals surface area contributed by atoms with E-state index < -0.39 is 6.10 Å². The Kier molecular flexibility index (Phi) is 5.20. The zero-order chi connectivity index (χ0) is 15.4.